The molecule has 2 heterocycles. The number of carbonyl (C=O) groups excluding carboxylic acids is 1. The molecule has 2 N–H and O–H groups in total. The second kappa shape index (κ2) is 7.23. The molecule has 1 aromatic carbocycles. The number of guanidine groups is 1. The third-order valence-corrected chi connectivity index (χ3v) is 6.65. The zero-order valence-corrected chi connectivity index (χ0v) is 15.8. The molecule has 1 aliphatic carbocycles. The van der Waals surface area contributed by atoms with Gasteiger partial charge in [-0.2, -0.15) is 0 Å². The van der Waals surface area contributed by atoms with Crippen LogP contribution in [0, 0.1) is 5.92 Å². The highest BCUT2D eigenvalue weighted by molar-refractivity contribution is 7.09. The molecule has 1 fully saturated rings. The third-order valence-electron chi connectivity index (χ3n) is 5.71. The van der Waals surface area contributed by atoms with Crippen LogP contribution < -0.4 is 5.73 Å². The lowest BCUT2D eigenvalue weighted by Gasteiger charge is -2.36. The van der Waals surface area contributed by atoms with Crippen molar-refractivity contribution in [1.29, 1.82) is 0 Å². The molecule has 4 nitrogen and oxygen atoms in total. The molecule has 136 valence electrons. The highest BCUT2D eigenvalue weighted by atomic mass is 32.1. The highest BCUT2D eigenvalue weighted by Gasteiger charge is 2.53. The van der Waals surface area contributed by atoms with Crippen LogP contribution in [0.3, 0.4) is 0 Å². The highest BCUT2D eigenvalue weighted by Crippen LogP contribution is 2.46. The summed E-state index contributed by atoms with van der Waals surface area (Å²) in [6.45, 7) is 0.593. The molecule has 1 amide bonds. The predicted molar refractivity (Wildman–Crippen MR) is 106 cm³/mol. The van der Waals surface area contributed by atoms with Gasteiger partial charge in [-0.15, -0.1) is 11.3 Å². The SMILES string of the molecule is NC1=NC(c2ccccc2)(C2CCCCC2)C(=O)N1CCc1cccs1. The Morgan fingerprint density at radius 3 is 2.58 bits per heavy atom. The first kappa shape index (κ1) is 17.3. The molecule has 2 aliphatic rings. The minimum atomic E-state index is -0.832. The monoisotopic (exact) mass is 367 g/mol. The topological polar surface area (TPSA) is 58.7 Å². The number of aliphatic imine (C=N–C) groups is 1. The summed E-state index contributed by atoms with van der Waals surface area (Å²) < 4.78 is 0. The predicted octanol–water partition coefficient (Wildman–Crippen LogP) is 3.92. The average molecular weight is 368 g/mol. The van der Waals surface area contributed by atoms with Gasteiger partial charge in [0.15, 0.2) is 11.5 Å². The molecular weight excluding hydrogens is 342 g/mol. The summed E-state index contributed by atoms with van der Waals surface area (Å²) in [5.74, 6) is 0.669. The normalized spacial score (nSPS) is 24.1. The van der Waals surface area contributed by atoms with E-state index in [0.717, 1.165) is 37.7 Å². The fourth-order valence-corrected chi connectivity index (χ4v) is 5.09. The van der Waals surface area contributed by atoms with Gasteiger partial charge in [0.25, 0.3) is 5.91 Å². The van der Waals surface area contributed by atoms with Gasteiger partial charge in [0, 0.05) is 11.4 Å². The number of rotatable bonds is 5. The Kier molecular flexibility index (Phi) is 4.81. The van der Waals surface area contributed by atoms with Gasteiger partial charge in [0.05, 0.1) is 0 Å². The largest absolute Gasteiger partial charge is 0.369 e. The molecule has 1 atom stereocenters. The van der Waals surface area contributed by atoms with Gasteiger partial charge in [-0.1, -0.05) is 55.7 Å². The first-order valence-electron chi connectivity index (χ1n) is 9.47. The Hall–Kier alpha value is -2.14. The maximum atomic E-state index is 13.6. The van der Waals surface area contributed by atoms with E-state index in [2.05, 4.69) is 11.4 Å². The Balaban J connectivity index is 1.66. The Morgan fingerprint density at radius 1 is 1.12 bits per heavy atom. The molecule has 26 heavy (non-hydrogen) atoms. The summed E-state index contributed by atoms with van der Waals surface area (Å²) in [6.07, 6.45) is 6.46. The Morgan fingerprint density at radius 2 is 1.88 bits per heavy atom. The van der Waals surface area contributed by atoms with Crippen LogP contribution in [0.5, 0.6) is 0 Å². The molecule has 1 unspecified atom stereocenters. The quantitative estimate of drug-likeness (QED) is 0.871. The van der Waals surface area contributed by atoms with E-state index in [0.29, 0.717) is 12.5 Å². The van der Waals surface area contributed by atoms with Crippen molar-refractivity contribution in [3.63, 3.8) is 0 Å². The molecule has 1 aromatic heterocycles. The van der Waals surface area contributed by atoms with E-state index >= 15 is 0 Å². The second-order valence-electron chi connectivity index (χ2n) is 7.22. The Labute approximate surface area is 158 Å². The maximum Gasteiger partial charge on any atom is 0.262 e. The van der Waals surface area contributed by atoms with Crippen molar-refractivity contribution in [3.8, 4) is 0 Å². The standard InChI is InChI=1S/C21H25N3OS/c22-20-23-21(16-8-3-1-4-9-16,17-10-5-2-6-11-17)19(25)24(20)14-13-18-12-7-15-26-18/h1,3-4,7-9,12,15,17H,2,5-6,10-11,13-14H2,(H2,22,23). The Bertz CT molecular complexity index is 781. The molecule has 1 saturated carbocycles. The van der Waals surface area contributed by atoms with Gasteiger partial charge in [0.1, 0.15) is 0 Å². The van der Waals surface area contributed by atoms with Crippen molar-refractivity contribution in [3.05, 3.63) is 58.3 Å². The number of carbonyl (C=O) groups is 1. The van der Waals surface area contributed by atoms with E-state index in [9.17, 15) is 4.79 Å². The molecule has 0 bridgehead atoms. The third kappa shape index (κ3) is 2.94. The van der Waals surface area contributed by atoms with Crippen LogP contribution >= 0.6 is 11.3 Å². The molecule has 4 rings (SSSR count). The smallest absolute Gasteiger partial charge is 0.262 e. The minimum absolute atomic E-state index is 0.0599. The van der Waals surface area contributed by atoms with Crippen molar-refractivity contribution >= 4 is 23.2 Å². The summed E-state index contributed by atoms with van der Waals surface area (Å²) >= 11 is 1.71. The van der Waals surface area contributed by atoms with Gasteiger partial charge in [0.2, 0.25) is 0 Å². The van der Waals surface area contributed by atoms with Crippen LogP contribution in [-0.4, -0.2) is 23.3 Å². The number of nitrogens with zero attached hydrogens (tertiary/aromatic N) is 2. The summed E-state index contributed by atoms with van der Waals surface area (Å²) in [5, 5.41) is 2.06. The number of amides is 1. The van der Waals surface area contributed by atoms with Crippen molar-refractivity contribution < 1.29 is 4.79 Å². The van der Waals surface area contributed by atoms with E-state index in [-0.39, 0.29) is 11.8 Å². The molecule has 2 aromatic rings. The molecule has 1 aliphatic heterocycles. The van der Waals surface area contributed by atoms with Crippen molar-refractivity contribution in [1.82, 2.24) is 4.90 Å². The second-order valence-corrected chi connectivity index (χ2v) is 8.26. The van der Waals surface area contributed by atoms with Gasteiger partial charge >= 0.3 is 0 Å². The molecule has 0 spiro atoms. The van der Waals surface area contributed by atoms with E-state index in [4.69, 9.17) is 10.7 Å². The first-order chi connectivity index (χ1) is 12.7. The molecule has 5 heteroatoms. The van der Waals surface area contributed by atoms with Crippen LogP contribution in [0.4, 0.5) is 0 Å². The number of hydrogen-bond acceptors (Lipinski definition) is 4. The lowest BCUT2D eigenvalue weighted by atomic mass is 9.71. The van der Waals surface area contributed by atoms with Gasteiger partial charge < -0.3 is 5.73 Å². The number of hydrogen-bond donors (Lipinski definition) is 1. The zero-order chi connectivity index (χ0) is 18.0. The molecular formula is C21H25N3OS. The number of thiophene rings is 1. The maximum absolute atomic E-state index is 13.6. The van der Waals surface area contributed by atoms with E-state index < -0.39 is 5.54 Å². The van der Waals surface area contributed by atoms with Crippen LogP contribution in [0.2, 0.25) is 0 Å². The summed E-state index contributed by atoms with van der Waals surface area (Å²) in [7, 11) is 0. The fraction of sp³-hybridized carbons (Fsp3) is 0.429. The fourth-order valence-electron chi connectivity index (χ4n) is 4.39. The van der Waals surface area contributed by atoms with Gasteiger partial charge in [-0.05, 0) is 42.2 Å². The van der Waals surface area contributed by atoms with Crippen LogP contribution in [0.25, 0.3) is 0 Å². The molecule has 0 radical (unpaired) electrons. The summed E-state index contributed by atoms with van der Waals surface area (Å²) in [4.78, 5) is 21.5. The van der Waals surface area contributed by atoms with Crippen molar-refractivity contribution in [2.45, 2.75) is 44.1 Å². The summed E-state index contributed by atoms with van der Waals surface area (Å²) in [6, 6.07) is 14.2. The summed E-state index contributed by atoms with van der Waals surface area (Å²) in [5.41, 5.74) is 6.44. The van der Waals surface area contributed by atoms with Crippen LogP contribution in [0.15, 0.2) is 52.8 Å². The lowest BCUT2D eigenvalue weighted by molar-refractivity contribution is -0.134. The molecule has 0 saturated heterocycles. The van der Waals surface area contributed by atoms with E-state index in [1.807, 2.05) is 36.4 Å². The van der Waals surface area contributed by atoms with Crippen molar-refractivity contribution in [2.24, 2.45) is 16.6 Å². The number of nitrogens with two attached hydrogens (primary N) is 1. The zero-order valence-electron chi connectivity index (χ0n) is 14.9. The van der Waals surface area contributed by atoms with Crippen molar-refractivity contribution in [2.75, 3.05) is 6.54 Å². The first-order valence-corrected chi connectivity index (χ1v) is 10.3. The van der Waals surface area contributed by atoms with Gasteiger partial charge in [-0.3, -0.25) is 9.69 Å². The van der Waals surface area contributed by atoms with E-state index in [1.165, 1.54) is 11.3 Å². The average Bonchev–Trinajstić information content (AvgIpc) is 3.29. The minimum Gasteiger partial charge on any atom is -0.369 e. The van der Waals surface area contributed by atoms with Crippen LogP contribution in [0.1, 0.15) is 42.5 Å². The lowest BCUT2D eigenvalue weighted by Crippen LogP contribution is -2.47. The number of benzene rings is 1. The van der Waals surface area contributed by atoms with Crippen LogP contribution in [-0.2, 0) is 16.8 Å². The van der Waals surface area contributed by atoms with E-state index in [1.54, 1.807) is 16.2 Å². The van der Waals surface area contributed by atoms with Gasteiger partial charge in [-0.25, -0.2) is 4.99 Å².